The molecule has 1 aromatic carbocycles. The van der Waals surface area contributed by atoms with Gasteiger partial charge >= 0.3 is 5.97 Å². The first kappa shape index (κ1) is 19.6. The summed E-state index contributed by atoms with van der Waals surface area (Å²) in [4.78, 5) is 13.4. The van der Waals surface area contributed by atoms with Crippen molar-refractivity contribution in [3.05, 3.63) is 40.3 Å². The minimum absolute atomic E-state index is 0.0211. The van der Waals surface area contributed by atoms with Gasteiger partial charge in [0.05, 0.1) is 22.8 Å². The molecule has 0 aliphatic heterocycles. The Morgan fingerprint density at radius 1 is 1.22 bits per heavy atom. The molecule has 2 aromatic rings. The predicted molar refractivity (Wildman–Crippen MR) is 100 cm³/mol. The van der Waals surface area contributed by atoms with Gasteiger partial charge in [-0.3, -0.25) is 15.1 Å². The highest BCUT2D eigenvalue weighted by molar-refractivity contribution is 7.93. The molecule has 1 aromatic heterocycles. The highest BCUT2D eigenvalue weighted by Gasteiger charge is 2.29. The van der Waals surface area contributed by atoms with Crippen molar-refractivity contribution >= 4 is 38.0 Å². The van der Waals surface area contributed by atoms with Crippen molar-refractivity contribution in [2.24, 2.45) is 0 Å². The fourth-order valence-electron chi connectivity index (χ4n) is 3.00. The van der Waals surface area contributed by atoms with Crippen LogP contribution in [0.25, 0.3) is 0 Å². The number of fused-ring (bicyclic) bond motifs is 1. The second-order valence-corrected chi connectivity index (χ2v) is 8.81. The fourth-order valence-corrected chi connectivity index (χ4v) is 5.58. The van der Waals surface area contributed by atoms with Crippen molar-refractivity contribution in [1.82, 2.24) is 0 Å². The molecule has 8 nitrogen and oxygen atoms in total. The predicted octanol–water partition coefficient (Wildman–Crippen LogP) is 3.19. The van der Waals surface area contributed by atoms with E-state index in [1.807, 2.05) is 0 Å². The number of carbonyl (C=O) groups is 1. The quantitative estimate of drug-likeness (QED) is 0.493. The number of anilines is 2. The topological polar surface area (TPSA) is 116 Å². The van der Waals surface area contributed by atoms with Crippen molar-refractivity contribution < 1.29 is 28.4 Å². The van der Waals surface area contributed by atoms with E-state index in [2.05, 4.69) is 4.72 Å². The molecule has 0 radical (unpaired) electrons. The third-order valence-electron chi connectivity index (χ3n) is 4.26. The summed E-state index contributed by atoms with van der Waals surface area (Å²) >= 11 is 1.27. The van der Waals surface area contributed by atoms with E-state index in [0.29, 0.717) is 5.56 Å². The standard InChI is InChI=1S/C17H20N2O6S2/c1-2-25-17(20)15-13-5-3-4-6-14(13)26-16(15)18-27(23,24)12-9-7-11(8-10-12)19(21)22/h7-10,18,21-22H,2-6H2,1H3. The molecule has 0 unspecified atom stereocenters. The van der Waals surface area contributed by atoms with Gasteiger partial charge < -0.3 is 4.74 Å². The zero-order chi connectivity index (χ0) is 19.6. The highest BCUT2D eigenvalue weighted by Crippen LogP contribution is 2.39. The van der Waals surface area contributed by atoms with Crippen molar-refractivity contribution in [3.8, 4) is 0 Å². The van der Waals surface area contributed by atoms with Gasteiger partial charge in [0, 0.05) is 4.88 Å². The summed E-state index contributed by atoms with van der Waals surface area (Å²) in [5.74, 6) is -0.527. The van der Waals surface area contributed by atoms with E-state index in [1.54, 1.807) is 6.92 Å². The van der Waals surface area contributed by atoms with Gasteiger partial charge in [-0.25, -0.2) is 13.2 Å². The lowest BCUT2D eigenvalue weighted by Crippen LogP contribution is -2.16. The van der Waals surface area contributed by atoms with Crippen molar-refractivity contribution in [3.63, 3.8) is 0 Å². The van der Waals surface area contributed by atoms with Gasteiger partial charge in [-0.1, -0.05) is 0 Å². The number of thiophene rings is 1. The van der Waals surface area contributed by atoms with Crippen LogP contribution in [0.1, 0.15) is 40.6 Å². The number of nitrogens with zero attached hydrogens (tertiary/aromatic N) is 1. The van der Waals surface area contributed by atoms with Crippen molar-refractivity contribution in [1.29, 1.82) is 0 Å². The van der Waals surface area contributed by atoms with Gasteiger partial charge in [-0.05, 0) is 62.4 Å². The number of carbonyl (C=O) groups excluding carboxylic acids is 1. The smallest absolute Gasteiger partial charge is 0.341 e. The van der Waals surface area contributed by atoms with Crippen molar-refractivity contribution in [2.45, 2.75) is 37.5 Å². The molecular formula is C17H20N2O6S2. The van der Waals surface area contributed by atoms with E-state index in [0.717, 1.165) is 36.1 Å². The second-order valence-electron chi connectivity index (χ2n) is 6.02. The molecule has 0 spiro atoms. The van der Waals surface area contributed by atoms with Gasteiger partial charge in [0.25, 0.3) is 10.0 Å². The number of rotatable bonds is 6. The van der Waals surface area contributed by atoms with Crippen LogP contribution in [0.5, 0.6) is 0 Å². The van der Waals surface area contributed by atoms with Crippen LogP contribution in [0.3, 0.4) is 0 Å². The summed E-state index contributed by atoms with van der Waals surface area (Å²) in [5.41, 5.74) is 1.19. The first-order valence-electron chi connectivity index (χ1n) is 8.46. The third-order valence-corrected chi connectivity index (χ3v) is 6.96. The molecule has 27 heavy (non-hydrogen) atoms. The van der Waals surface area contributed by atoms with Gasteiger partial charge in [-0.15, -0.1) is 16.6 Å². The van der Waals surface area contributed by atoms with Crippen molar-refractivity contribution in [2.75, 3.05) is 16.6 Å². The van der Waals surface area contributed by atoms with Gasteiger partial charge in [-0.2, -0.15) is 0 Å². The van der Waals surface area contributed by atoms with E-state index in [4.69, 9.17) is 15.2 Å². The van der Waals surface area contributed by atoms with E-state index in [1.165, 1.54) is 35.6 Å². The van der Waals surface area contributed by atoms with Crippen LogP contribution >= 0.6 is 11.3 Å². The minimum Gasteiger partial charge on any atom is -0.462 e. The lowest BCUT2D eigenvalue weighted by Gasteiger charge is -2.13. The molecule has 0 saturated carbocycles. The molecule has 3 rings (SSSR count). The molecule has 146 valence electrons. The monoisotopic (exact) mass is 412 g/mol. The number of ether oxygens (including phenoxy) is 1. The summed E-state index contributed by atoms with van der Waals surface area (Å²) in [6, 6.07) is 4.99. The third kappa shape index (κ3) is 4.08. The summed E-state index contributed by atoms with van der Waals surface area (Å²) in [7, 11) is -3.96. The maximum absolute atomic E-state index is 12.7. The van der Waals surface area contributed by atoms with E-state index in [-0.39, 0.29) is 27.4 Å². The summed E-state index contributed by atoms with van der Waals surface area (Å²) < 4.78 is 33.1. The Kier molecular flexibility index (Phi) is 5.70. The van der Waals surface area contributed by atoms with E-state index >= 15 is 0 Å². The Balaban J connectivity index is 1.96. The number of benzene rings is 1. The first-order valence-corrected chi connectivity index (χ1v) is 10.8. The molecule has 0 atom stereocenters. The largest absolute Gasteiger partial charge is 0.462 e. The normalized spacial score (nSPS) is 13.7. The second kappa shape index (κ2) is 7.85. The van der Waals surface area contributed by atoms with Gasteiger partial charge in [0.2, 0.25) is 0 Å². The van der Waals surface area contributed by atoms with Crippen LogP contribution in [-0.2, 0) is 27.6 Å². The lowest BCUT2D eigenvalue weighted by atomic mass is 9.95. The molecule has 0 bridgehead atoms. The van der Waals surface area contributed by atoms with Gasteiger partial charge in [0.1, 0.15) is 5.00 Å². The van der Waals surface area contributed by atoms with Gasteiger partial charge in [0.15, 0.2) is 0 Å². The molecule has 3 N–H and O–H groups in total. The van der Waals surface area contributed by atoms with E-state index in [9.17, 15) is 13.2 Å². The molecule has 0 fully saturated rings. The molecular weight excluding hydrogens is 392 g/mol. The number of nitrogens with one attached hydrogen (secondary N) is 1. The summed E-state index contributed by atoms with van der Waals surface area (Å²) in [5, 5.41) is 18.1. The Hall–Kier alpha value is -2.14. The SMILES string of the molecule is CCOC(=O)c1c(NS(=O)(=O)c2ccc(N(O)O)cc2)sc2c1CCCC2. The molecule has 0 saturated heterocycles. The zero-order valence-corrected chi connectivity index (χ0v) is 16.3. The molecule has 10 heteroatoms. The number of hydrogen-bond acceptors (Lipinski definition) is 8. The van der Waals surface area contributed by atoms with Crippen LogP contribution < -0.4 is 9.95 Å². The first-order chi connectivity index (χ1) is 12.8. The number of aryl methyl sites for hydroxylation is 1. The number of sulfonamides is 1. The maximum atomic E-state index is 12.7. The molecule has 1 aliphatic rings. The average molecular weight is 412 g/mol. The summed E-state index contributed by atoms with van der Waals surface area (Å²) in [6.07, 6.45) is 3.48. The van der Waals surface area contributed by atoms with Crippen LogP contribution in [0.2, 0.25) is 0 Å². The zero-order valence-electron chi connectivity index (χ0n) is 14.6. The summed E-state index contributed by atoms with van der Waals surface area (Å²) in [6.45, 7) is 1.91. The Morgan fingerprint density at radius 2 is 1.89 bits per heavy atom. The number of hydrogen-bond donors (Lipinski definition) is 3. The minimum atomic E-state index is -3.96. The maximum Gasteiger partial charge on any atom is 0.341 e. The molecule has 1 heterocycles. The lowest BCUT2D eigenvalue weighted by molar-refractivity contribution is 0.0291. The van der Waals surface area contributed by atoms with E-state index < -0.39 is 16.0 Å². The molecule has 0 amide bonds. The highest BCUT2D eigenvalue weighted by atomic mass is 32.2. The Labute approximate surface area is 161 Å². The average Bonchev–Trinajstić information content (AvgIpc) is 2.99. The van der Waals surface area contributed by atoms with Crippen LogP contribution in [-0.4, -0.2) is 31.4 Å². The van der Waals surface area contributed by atoms with Crippen LogP contribution in [0.4, 0.5) is 10.7 Å². The Bertz CT molecular complexity index is 935. The fraction of sp³-hybridized carbons (Fsp3) is 0.353. The van der Waals surface area contributed by atoms with Crippen LogP contribution in [0.15, 0.2) is 29.2 Å². The number of esters is 1. The van der Waals surface area contributed by atoms with Crippen LogP contribution in [0, 0.1) is 0 Å². The Morgan fingerprint density at radius 3 is 2.52 bits per heavy atom. The molecule has 1 aliphatic carbocycles.